The molecule has 0 spiro atoms. The van der Waals surface area contributed by atoms with Gasteiger partial charge in [-0.25, -0.2) is 4.98 Å². The molecule has 278 valence electrons. The third-order valence-corrected chi connectivity index (χ3v) is 15.6. The highest BCUT2D eigenvalue weighted by Crippen LogP contribution is 2.52. The Labute approximate surface area is 342 Å². The Hall–Kier alpha value is -7.06. The third kappa shape index (κ3) is 4.95. The molecule has 1 aliphatic heterocycles. The van der Waals surface area contributed by atoms with Crippen molar-refractivity contribution in [3.63, 3.8) is 0 Å². The molecular formula is C55H37N2OP. The average Bonchev–Trinajstić information content (AvgIpc) is 3.69. The van der Waals surface area contributed by atoms with Gasteiger partial charge in [0.1, 0.15) is 5.82 Å². The molecule has 11 aromatic rings. The molecule has 1 aliphatic rings. The van der Waals surface area contributed by atoms with Crippen LogP contribution in [0.4, 0.5) is 0 Å². The summed E-state index contributed by atoms with van der Waals surface area (Å²) < 4.78 is 18.4. The lowest BCUT2D eigenvalue weighted by Crippen LogP contribution is -2.33. The van der Waals surface area contributed by atoms with Crippen molar-refractivity contribution >= 4 is 77.2 Å². The molecule has 2 heterocycles. The van der Waals surface area contributed by atoms with Crippen molar-refractivity contribution < 1.29 is 4.57 Å². The van der Waals surface area contributed by atoms with Gasteiger partial charge < -0.3 is 4.57 Å². The molecule has 1 aromatic heterocycles. The van der Waals surface area contributed by atoms with Crippen LogP contribution >= 0.6 is 7.14 Å². The fourth-order valence-corrected chi connectivity index (χ4v) is 12.9. The van der Waals surface area contributed by atoms with Gasteiger partial charge in [0.15, 0.2) is 7.14 Å². The molecule has 4 heteroatoms. The van der Waals surface area contributed by atoms with Crippen LogP contribution in [-0.2, 0) is 11.0 Å². The number of aromatic nitrogens is 2. The highest BCUT2D eigenvalue weighted by Gasteiger charge is 2.40. The van der Waals surface area contributed by atoms with Gasteiger partial charge in [-0.15, -0.1) is 0 Å². The van der Waals surface area contributed by atoms with Gasteiger partial charge in [-0.1, -0.05) is 165 Å². The number of nitrogens with zero attached hydrogens (tertiary/aromatic N) is 2. The zero-order valence-corrected chi connectivity index (χ0v) is 33.3. The minimum Gasteiger partial charge on any atom is -0.308 e. The smallest absolute Gasteiger partial charge is 0.175 e. The molecule has 0 radical (unpaired) electrons. The fourth-order valence-electron chi connectivity index (χ4n) is 9.85. The summed E-state index contributed by atoms with van der Waals surface area (Å²) in [6.45, 7) is 2.16. The van der Waals surface area contributed by atoms with Gasteiger partial charge in [-0.3, -0.25) is 4.57 Å². The lowest BCUT2D eigenvalue weighted by Gasteiger charge is -2.31. The predicted octanol–water partition coefficient (Wildman–Crippen LogP) is 13.2. The molecule has 3 nitrogen and oxygen atoms in total. The Morgan fingerprint density at radius 2 is 1.03 bits per heavy atom. The molecule has 0 saturated carbocycles. The van der Waals surface area contributed by atoms with Crippen LogP contribution in [0.1, 0.15) is 12.7 Å². The maximum atomic E-state index is 16.1. The third-order valence-electron chi connectivity index (χ3n) is 12.5. The lowest BCUT2D eigenvalue weighted by molar-refractivity contribution is 0.592. The van der Waals surface area contributed by atoms with Crippen LogP contribution < -0.4 is 15.9 Å². The van der Waals surface area contributed by atoms with Crippen LogP contribution in [-0.4, -0.2) is 9.55 Å². The quantitative estimate of drug-likeness (QED) is 0.129. The highest BCUT2D eigenvalue weighted by atomic mass is 31.2. The Morgan fingerprint density at radius 3 is 1.71 bits per heavy atom. The van der Waals surface area contributed by atoms with Crippen molar-refractivity contribution in [1.82, 2.24) is 9.55 Å². The van der Waals surface area contributed by atoms with Crippen molar-refractivity contribution in [3.8, 4) is 39.1 Å². The zero-order chi connectivity index (χ0) is 39.2. The van der Waals surface area contributed by atoms with E-state index in [2.05, 4.69) is 169 Å². The summed E-state index contributed by atoms with van der Waals surface area (Å²) in [6, 6.07) is 69.3. The number of para-hydroxylation sites is 2. The Kier molecular flexibility index (Phi) is 7.48. The average molecular weight is 773 g/mol. The van der Waals surface area contributed by atoms with Crippen molar-refractivity contribution in [3.05, 3.63) is 200 Å². The van der Waals surface area contributed by atoms with Crippen LogP contribution in [0.15, 0.2) is 194 Å². The summed E-state index contributed by atoms with van der Waals surface area (Å²) >= 11 is 0. The summed E-state index contributed by atoms with van der Waals surface area (Å²) in [5.41, 5.74) is 9.67. The zero-order valence-electron chi connectivity index (χ0n) is 32.4. The van der Waals surface area contributed by atoms with Gasteiger partial charge in [-0.2, -0.15) is 0 Å². The molecule has 10 aromatic carbocycles. The number of hydrogen-bond donors (Lipinski definition) is 0. The van der Waals surface area contributed by atoms with Gasteiger partial charge in [-0.05, 0) is 107 Å². The molecule has 0 saturated heterocycles. The minimum atomic E-state index is -3.30. The van der Waals surface area contributed by atoms with Gasteiger partial charge in [0.05, 0.1) is 16.7 Å². The molecule has 1 atom stereocenters. The van der Waals surface area contributed by atoms with Crippen LogP contribution in [0.3, 0.4) is 0 Å². The Bertz CT molecular complexity index is 3580. The van der Waals surface area contributed by atoms with Crippen LogP contribution in [0, 0.1) is 0 Å². The van der Waals surface area contributed by atoms with E-state index in [0.717, 1.165) is 56.0 Å². The first-order valence-corrected chi connectivity index (χ1v) is 22.1. The largest absolute Gasteiger partial charge is 0.308 e. The van der Waals surface area contributed by atoms with E-state index in [4.69, 9.17) is 4.98 Å². The van der Waals surface area contributed by atoms with Crippen molar-refractivity contribution in [2.24, 2.45) is 0 Å². The number of fused-ring (bicyclic) bond motifs is 6. The molecule has 0 amide bonds. The van der Waals surface area contributed by atoms with Gasteiger partial charge in [0.25, 0.3) is 0 Å². The summed E-state index contributed by atoms with van der Waals surface area (Å²) in [4.78, 5) is 5.17. The summed E-state index contributed by atoms with van der Waals surface area (Å²) in [6.07, 6.45) is 0.739. The SMILES string of the molecule is CCc1nc2cccc3c2n1-c1c(-c2ccc4c(-c5ccc6ccccc6c5)c5ccccc5c(-c5ccc6ccccc6c5)c4c2)cccc1P3(=O)c1ccccc1. The fraction of sp³-hybridized carbons (Fsp3) is 0.0364. The molecule has 0 N–H and O–H groups in total. The van der Waals surface area contributed by atoms with Crippen LogP contribution in [0.2, 0.25) is 0 Å². The molecule has 0 fully saturated rings. The number of aryl methyl sites for hydroxylation is 1. The maximum absolute atomic E-state index is 16.1. The van der Waals surface area contributed by atoms with E-state index >= 15 is 4.57 Å². The lowest BCUT2D eigenvalue weighted by atomic mass is 9.84. The van der Waals surface area contributed by atoms with Gasteiger partial charge in [0, 0.05) is 27.9 Å². The topological polar surface area (TPSA) is 34.9 Å². The first kappa shape index (κ1) is 34.0. The van der Waals surface area contributed by atoms with E-state index < -0.39 is 7.14 Å². The number of benzene rings is 10. The van der Waals surface area contributed by atoms with E-state index in [1.807, 2.05) is 36.4 Å². The number of rotatable bonds is 5. The second-order valence-corrected chi connectivity index (χ2v) is 18.4. The monoisotopic (exact) mass is 772 g/mol. The van der Waals surface area contributed by atoms with Crippen molar-refractivity contribution in [2.75, 3.05) is 0 Å². The van der Waals surface area contributed by atoms with E-state index in [9.17, 15) is 0 Å². The number of hydrogen-bond acceptors (Lipinski definition) is 2. The summed E-state index contributed by atoms with van der Waals surface area (Å²) in [5.74, 6) is 0.961. The molecule has 0 bridgehead atoms. The minimum absolute atomic E-state index is 0.739. The van der Waals surface area contributed by atoms with E-state index in [-0.39, 0.29) is 0 Å². The standard InChI is InChI=1S/C55H37N2OP/c1-2-51-56-48-23-13-25-50-55(48)57(51)54-43(22-12-24-49(54)59(50,58)42-18-4-3-5-19-42)39-30-31-46-47(34-39)53(41-29-27-36-15-7-9-17-38(36)33-41)45-21-11-10-20-44(45)52(46)40-28-26-35-14-6-8-16-37(35)32-40/h3-34H,2H2,1H3. The molecule has 0 aliphatic carbocycles. The second kappa shape index (κ2) is 13.0. The maximum Gasteiger partial charge on any atom is 0.175 e. The van der Waals surface area contributed by atoms with E-state index in [0.29, 0.717) is 0 Å². The Balaban J connectivity index is 1.20. The van der Waals surface area contributed by atoms with Crippen molar-refractivity contribution in [1.29, 1.82) is 0 Å². The van der Waals surface area contributed by atoms with Crippen LogP contribution in [0.5, 0.6) is 0 Å². The summed E-state index contributed by atoms with van der Waals surface area (Å²) in [5, 5.41) is 12.2. The second-order valence-electron chi connectivity index (χ2n) is 15.7. The van der Waals surface area contributed by atoms with Crippen molar-refractivity contribution in [2.45, 2.75) is 13.3 Å². The molecule has 1 unspecified atom stereocenters. The van der Waals surface area contributed by atoms with E-state index in [1.54, 1.807) is 0 Å². The molecular weight excluding hydrogens is 736 g/mol. The van der Waals surface area contributed by atoms with Crippen LogP contribution in [0.25, 0.3) is 93.2 Å². The predicted molar refractivity (Wildman–Crippen MR) is 250 cm³/mol. The molecule has 12 rings (SSSR count). The molecule has 59 heavy (non-hydrogen) atoms. The Morgan fingerprint density at radius 1 is 0.475 bits per heavy atom. The highest BCUT2D eigenvalue weighted by molar-refractivity contribution is 7.86. The van der Waals surface area contributed by atoms with Gasteiger partial charge in [0.2, 0.25) is 0 Å². The first-order valence-electron chi connectivity index (χ1n) is 20.4. The summed E-state index contributed by atoms with van der Waals surface area (Å²) in [7, 11) is -3.30. The normalized spacial score (nSPS) is 14.7. The van der Waals surface area contributed by atoms with E-state index in [1.165, 1.54) is 65.3 Å². The first-order chi connectivity index (χ1) is 29.1. The number of imidazole rings is 1. The van der Waals surface area contributed by atoms with Gasteiger partial charge >= 0.3 is 0 Å².